The fraction of sp³-hybridized carbons (Fsp3) is 0.118. The molecular weight excluding hydrogens is 248 g/mol. The summed E-state index contributed by atoms with van der Waals surface area (Å²) in [6.45, 7) is 2.60. The first-order valence-electron chi connectivity index (χ1n) is 6.59. The summed E-state index contributed by atoms with van der Waals surface area (Å²) < 4.78 is 0. The molecule has 2 aromatic carbocycles. The molecule has 0 saturated heterocycles. The van der Waals surface area contributed by atoms with Gasteiger partial charge in [0.15, 0.2) is 0 Å². The minimum atomic E-state index is 0.317. The molecule has 3 heteroatoms. The third-order valence-corrected chi connectivity index (χ3v) is 3.46. The number of benzene rings is 2. The number of hydrogen-bond donors (Lipinski definition) is 2. The van der Waals surface area contributed by atoms with Gasteiger partial charge in [-0.1, -0.05) is 24.3 Å². The quantitative estimate of drug-likeness (QED) is 0.755. The van der Waals surface area contributed by atoms with Crippen molar-refractivity contribution < 1.29 is 5.11 Å². The van der Waals surface area contributed by atoms with E-state index in [1.807, 2.05) is 43.6 Å². The van der Waals surface area contributed by atoms with Crippen molar-refractivity contribution in [2.45, 2.75) is 13.5 Å². The number of hydrogen-bond acceptors (Lipinski definition) is 3. The lowest BCUT2D eigenvalue weighted by molar-refractivity contribution is 0.471. The van der Waals surface area contributed by atoms with Crippen molar-refractivity contribution in [3.05, 3.63) is 66.0 Å². The molecule has 20 heavy (non-hydrogen) atoms. The maximum absolute atomic E-state index is 9.72. The Kier molecular flexibility index (Phi) is 3.25. The van der Waals surface area contributed by atoms with Gasteiger partial charge in [0.25, 0.3) is 0 Å². The van der Waals surface area contributed by atoms with Gasteiger partial charge in [-0.05, 0) is 35.6 Å². The van der Waals surface area contributed by atoms with E-state index in [9.17, 15) is 5.11 Å². The number of phenols is 1. The van der Waals surface area contributed by atoms with Gasteiger partial charge in [0.1, 0.15) is 5.75 Å². The zero-order valence-corrected chi connectivity index (χ0v) is 11.3. The van der Waals surface area contributed by atoms with Crippen LogP contribution >= 0.6 is 0 Å². The Balaban J connectivity index is 1.85. The molecule has 1 heterocycles. The molecule has 0 aliphatic carbocycles. The Labute approximate surface area is 117 Å². The van der Waals surface area contributed by atoms with E-state index in [2.05, 4.69) is 22.4 Å². The molecule has 0 fully saturated rings. The Bertz CT molecular complexity index is 748. The van der Waals surface area contributed by atoms with Crippen LogP contribution in [0.5, 0.6) is 5.75 Å². The van der Waals surface area contributed by atoms with Crippen molar-refractivity contribution in [1.29, 1.82) is 0 Å². The van der Waals surface area contributed by atoms with Crippen molar-refractivity contribution in [3.8, 4) is 5.75 Å². The average molecular weight is 264 g/mol. The second-order valence-corrected chi connectivity index (χ2v) is 4.87. The Morgan fingerprint density at radius 2 is 2.05 bits per heavy atom. The van der Waals surface area contributed by atoms with Crippen LogP contribution in [0.4, 0.5) is 5.69 Å². The average Bonchev–Trinajstić information content (AvgIpc) is 2.48. The molecule has 0 aliphatic heterocycles. The van der Waals surface area contributed by atoms with Crippen LogP contribution in [0.2, 0.25) is 0 Å². The van der Waals surface area contributed by atoms with Crippen LogP contribution in [0.15, 0.2) is 54.9 Å². The van der Waals surface area contributed by atoms with Gasteiger partial charge < -0.3 is 10.4 Å². The molecular formula is C17H16N2O. The molecule has 0 aliphatic rings. The van der Waals surface area contributed by atoms with Gasteiger partial charge in [-0.25, -0.2) is 0 Å². The summed E-state index contributed by atoms with van der Waals surface area (Å²) in [5.74, 6) is 0.317. The summed E-state index contributed by atoms with van der Waals surface area (Å²) in [6, 6.07) is 13.9. The lowest BCUT2D eigenvalue weighted by Crippen LogP contribution is -2.00. The lowest BCUT2D eigenvalue weighted by atomic mass is 10.1. The van der Waals surface area contributed by atoms with E-state index in [0.717, 1.165) is 16.6 Å². The van der Waals surface area contributed by atoms with Crippen molar-refractivity contribution in [2.75, 3.05) is 5.32 Å². The molecule has 0 amide bonds. The summed E-state index contributed by atoms with van der Waals surface area (Å²) in [5.41, 5.74) is 3.01. The van der Waals surface area contributed by atoms with Crippen LogP contribution < -0.4 is 5.32 Å². The highest BCUT2D eigenvalue weighted by Gasteiger charge is 2.02. The SMILES string of the molecule is Cc1ccc(NCc2cccc3cnccc23)cc1O. The van der Waals surface area contributed by atoms with Crippen LogP contribution in [0.3, 0.4) is 0 Å². The molecule has 0 saturated carbocycles. The van der Waals surface area contributed by atoms with E-state index >= 15 is 0 Å². The Hall–Kier alpha value is -2.55. The molecule has 1 aromatic heterocycles. The first-order chi connectivity index (χ1) is 9.74. The second kappa shape index (κ2) is 5.21. The fourth-order valence-electron chi connectivity index (χ4n) is 2.26. The molecule has 0 bridgehead atoms. The van der Waals surface area contributed by atoms with Crippen LogP contribution in [0.1, 0.15) is 11.1 Å². The zero-order valence-electron chi connectivity index (χ0n) is 11.3. The largest absolute Gasteiger partial charge is 0.508 e. The third kappa shape index (κ3) is 2.43. The first-order valence-corrected chi connectivity index (χ1v) is 6.59. The topological polar surface area (TPSA) is 45.2 Å². The molecule has 0 spiro atoms. The number of aromatic nitrogens is 1. The van der Waals surface area contributed by atoms with Gasteiger partial charge in [0.05, 0.1) is 0 Å². The maximum atomic E-state index is 9.72. The highest BCUT2D eigenvalue weighted by atomic mass is 16.3. The van der Waals surface area contributed by atoms with E-state index in [1.54, 1.807) is 6.07 Å². The number of aryl methyl sites for hydroxylation is 1. The Morgan fingerprint density at radius 3 is 2.90 bits per heavy atom. The molecule has 3 rings (SSSR count). The van der Waals surface area contributed by atoms with Crippen molar-refractivity contribution in [1.82, 2.24) is 4.98 Å². The number of fused-ring (bicyclic) bond motifs is 1. The van der Waals surface area contributed by atoms with Gasteiger partial charge >= 0.3 is 0 Å². The third-order valence-electron chi connectivity index (χ3n) is 3.46. The molecule has 3 aromatic rings. The zero-order chi connectivity index (χ0) is 13.9. The van der Waals surface area contributed by atoms with E-state index < -0.39 is 0 Å². The molecule has 0 radical (unpaired) electrons. The van der Waals surface area contributed by atoms with Crippen LogP contribution in [-0.2, 0) is 6.54 Å². The molecule has 0 atom stereocenters. The number of anilines is 1. The second-order valence-electron chi connectivity index (χ2n) is 4.87. The van der Waals surface area contributed by atoms with Crippen molar-refractivity contribution >= 4 is 16.5 Å². The lowest BCUT2D eigenvalue weighted by Gasteiger charge is -2.10. The van der Waals surface area contributed by atoms with E-state index in [4.69, 9.17) is 0 Å². The van der Waals surface area contributed by atoms with Gasteiger partial charge in [-0.2, -0.15) is 0 Å². The Morgan fingerprint density at radius 1 is 1.15 bits per heavy atom. The van der Waals surface area contributed by atoms with Crippen LogP contribution in [0, 0.1) is 6.92 Å². The highest BCUT2D eigenvalue weighted by Crippen LogP contribution is 2.23. The number of nitrogens with zero attached hydrogens (tertiary/aromatic N) is 1. The van der Waals surface area contributed by atoms with E-state index in [1.165, 1.54) is 10.9 Å². The predicted molar refractivity (Wildman–Crippen MR) is 81.9 cm³/mol. The van der Waals surface area contributed by atoms with Crippen molar-refractivity contribution in [3.63, 3.8) is 0 Å². The van der Waals surface area contributed by atoms with Gasteiger partial charge in [-0.15, -0.1) is 0 Å². The summed E-state index contributed by atoms with van der Waals surface area (Å²) >= 11 is 0. The normalized spacial score (nSPS) is 10.7. The molecule has 0 unspecified atom stereocenters. The summed E-state index contributed by atoms with van der Waals surface area (Å²) in [4.78, 5) is 4.14. The van der Waals surface area contributed by atoms with Crippen molar-refractivity contribution in [2.24, 2.45) is 0 Å². The summed E-state index contributed by atoms with van der Waals surface area (Å²) in [7, 11) is 0. The highest BCUT2D eigenvalue weighted by molar-refractivity contribution is 5.84. The molecule has 3 nitrogen and oxygen atoms in total. The maximum Gasteiger partial charge on any atom is 0.120 e. The first kappa shape index (κ1) is 12.5. The van der Waals surface area contributed by atoms with Gasteiger partial charge in [0.2, 0.25) is 0 Å². The van der Waals surface area contributed by atoms with E-state index in [0.29, 0.717) is 12.3 Å². The number of nitrogens with one attached hydrogen (secondary N) is 1. The van der Waals surface area contributed by atoms with Gasteiger partial charge in [0, 0.05) is 36.1 Å². The number of pyridine rings is 1. The van der Waals surface area contributed by atoms with Gasteiger partial charge in [-0.3, -0.25) is 4.98 Å². The predicted octanol–water partition coefficient (Wildman–Crippen LogP) is 3.86. The standard InChI is InChI=1S/C17H16N2O/c1-12-5-6-15(9-17(12)20)19-11-14-4-2-3-13-10-18-8-7-16(13)14/h2-10,19-20H,11H2,1H3. The summed E-state index contributed by atoms with van der Waals surface area (Å²) in [5, 5.41) is 15.4. The number of phenolic OH excluding ortho intramolecular Hbond substituents is 1. The number of rotatable bonds is 3. The smallest absolute Gasteiger partial charge is 0.120 e. The minimum absolute atomic E-state index is 0.317. The monoisotopic (exact) mass is 264 g/mol. The molecule has 100 valence electrons. The van der Waals surface area contributed by atoms with Crippen LogP contribution in [-0.4, -0.2) is 10.1 Å². The van der Waals surface area contributed by atoms with E-state index in [-0.39, 0.29) is 0 Å². The molecule has 2 N–H and O–H groups in total. The van der Waals surface area contributed by atoms with Crippen LogP contribution in [0.25, 0.3) is 10.8 Å². The number of aromatic hydroxyl groups is 1. The summed E-state index contributed by atoms with van der Waals surface area (Å²) in [6.07, 6.45) is 3.68. The fourth-order valence-corrected chi connectivity index (χ4v) is 2.26. The minimum Gasteiger partial charge on any atom is -0.508 e.